The maximum atomic E-state index is 12.2. The van der Waals surface area contributed by atoms with Crippen molar-refractivity contribution in [3.05, 3.63) is 45.5 Å². The summed E-state index contributed by atoms with van der Waals surface area (Å²) in [7, 11) is 1.54. The highest BCUT2D eigenvalue weighted by atomic mass is 79.9. The molecule has 0 aliphatic heterocycles. The van der Waals surface area contributed by atoms with Crippen molar-refractivity contribution >= 4 is 44.9 Å². The Balaban J connectivity index is 2.25. The summed E-state index contributed by atoms with van der Waals surface area (Å²) in [6.07, 6.45) is 0. The van der Waals surface area contributed by atoms with Crippen molar-refractivity contribution in [2.75, 3.05) is 17.9 Å². The molecule has 1 amide bonds. The average Bonchev–Trinajstić information content (AvgIpc) is 2.49. The fourth-order valence-electron chi connectivity index (χ4n) is 1.61. The van der Waals surface area contributed by atoms with E-state index in [9.17, 15) is 4.79 Å². The van der Waals surface area contributed by atoms with Gasteiger partial charge in [-0.25, -0.2) is 10.8 Å². The first-order valence-electron chi connectivity index (χ1n) is 5.83. The quantitative estimate of drug-likeness (QED) is 0.568. The third-order valence-electron chi connectivity index (χ3n) is 2.62. The molecular weight excluding hydrogens is 360 g/mol. The Morgan fingerprint density at radius 2 is 2.14 bits per heavy atom. The average molecular weight is 372 g/mol. The number of ether oxygens (including phenoxy) is 1. The van der Waals surface area contributed by atoms with Gasteiger partial charge < -0.3 is 15.5 Å². The van der Waals surface area contributed by atoms with E-state index >= 15 is 0 Å². The van der Waals surface area contributed by atoms with Gasteiger partial charge in [-0.15, -0.1) is 0 Å². The number of anilines is 2. The number of carbonyl (C=O) groups excluding carboxylic acids is 1. The van der Waals surface area contributed by atoms with E-state index in [0.717, 1.165) is 4.47 Å². The van der Waals surface area contributed by atoms with Crippen LogP contribution in [0.3, 0.4) is 0 Å². The molecule has 0 atom stereocenters. The molecule has 0 saturated heterocycles. The van der Waals surface area contributed by atoms with Crippen LogP contribution in [-0.4, -0.2) is 18.0 Å². The zero-order valence-electron chi connectivity index (χ0n) is 11.0. The van der Waals surface area contributed by atoms with Gasteiger partial charge in [-0.3, -0.25) is 4.79 Å². The number of nitrogens with two attached hydrogens (primary N) is 1. The first kappa shape index (κ1) is 15.6. The van der Waals surface area contributed by atoms with Crippen molar-refractivity contribution in [2.45, 2.75) is 0 Å². The molecule has 2 aromatic rings. The SMILES string of the molecule is COc1cc(NC(=O)c2nc(NN)ccc2Cl)ccc1Br. The number of amides is 1. The monoisotopic (exact) mass is 370 g/mol. The number of carbonyl (C=O) groups is 1. The minimum atomic E-state index is -0.443. The van der Waals surface area contributed by atoms with E-state index in [2.05, 4.69) is 31.7 Å². The Morgan fingerprint density at radius 1 is 1.38 bits per heavy atom. The minimum absolute atomic E-state index is 0.0778. The van der Waals surface area contributed by atoms with E-state index in [1.54, 1.807) is 37.4 Å². The zero-order valence-corrected chi connectivity index (χ0v) is 13.3. The normalized spacial score (nSPS) is 10.1. The van der Waals surface area contributed by atoms with E-state index in [-0.39, 0.29) is 10.7 Å². The second-order valence-electron chi connectivity index (χ2n) is 3.97. The highest BCUT2D eigenvalue weighted by molar-refractivity contribution is 9.10. The molecule has 0 radical (unpaired) electrons. The third kappa shape index (κ3) is 3.63. The highest BCUT2D eigenvalue weighted by Gasteiger charge is 2.14. The molecule has 0 aliphatic rings. The number of pyridine rings is 1. The molecule has 0 bridgehead atoms. The molecule has 1 heterocycles. The topological polar surface area (TPSA) is 89.3 Å². The Hall–Kier alpha value is -1.83. The predicted molar refractivity (Wildman–Crippen MR) is 85.7 cm³/mol. The fraction of sp³-hybridized carbons (Fsp3) is 0.0769. The molecule has 6 nitrogen and oxygen atoms in total. The number of nitrogens with zero attached hydrogens (tertiary/aromatic N) is 1. The van der Waals surface area contributed by atoms with Gasteiger partial charge in [-0.05, 0) is 40.2 Å². The van der Waals surface area contributed by atoms with Gasteiger partial charge in [0, 0.05) is 11.8 Å². The fourth-order valence-corrected chi connectivity index (χ4v) is 2.21. The van der Waals surface area contributed by atoms with Crippen LogP contribution in [0.5, 0.6) is 5.75 Å². The summed E-state index contributed by atoms with van der Waals surface area (Å²) in [5.74, 6) is 5.77. The lowest BCUT2D eigenvalue weighted by Gasteiger charge is -2.09. The maximum Gasteiger partial charge on any atom is 0.275 e. The van der Waals surface area contributed by atoms with E-state index in [1.165, 1.54) is 0 Å². The smallest absolute Gasteiger partial charge is 0.275 e. The zero-order chi connectivity index (χ0) is 15.4. The predicted octanol–water partition coefficient (Wildman–Crippen LogP) is 3.04. The van der Waals surface area contributed by atoms with Crippen LogP contribution < -0.4 is 21.3 Å². The van der Waals surface area contributed by atoms with Crippen LogP contribution in [0.2, 0.25) is 5.02 Å². The molecule has 21 heavy (non-hydrogen) atoms. The van der Waals surface area contributed by atoms with Gasteiger partial charge >= 0.3 is 0 Å². The molecule has 8 heteroatoms. The number of benzene rings is 1. The van der Waals surface area contributed by atoms with E-state index in [4.69, 9.17) is 22.2 Å². The number of nitrogen functional groups attached to an aromatic ring is 1. The minimum Gasteiger partial charge on any atom is -0.495 e. The number of rotatable bonds is 4. The van der Waals surface area contributed by atoms with Crippen molar-refractivity contribution in [3.63, 3.8) is 0 Å². The van der Waals surface area contributed by atoms with E-state index < -0.39 is 5.91 Å². The number of halogens is 2. The van der Waals surface area contributed by atoms with Gasteiger partial charge in [-0.2, -0.15) is 0 Å². The largest absolute Gasteiger partial charge is 0.495 e. The van der Waals surface area contributed by atoms with Gasteiger partial charge in [0.25, 0.3) is 5.91 Å². The van der Waals surface area contributed by atoms with Gasteiger partial charge in [0.2, 0.25) is 0 Å². The van der Waals surface area contributed by atoms with Crippen LogP contribution >= 0.6 is 27.5 Å². The van der Waals surface area contributed by atoms with Crippen LogP contribution in [0.1, 0.15) is 10.5 Å². The van der Waals surface area contributed by atoms with Gasteiger partial charge in [0.1, 0.15) is 17.3 Å². The Morgan fingerprint density at radius 3 is 2.81 bits per heavy atom. The Bertz CT molecular complexity index is 681. The van der Waals surface area contributed by atoms with Crippen molar-refractivity contribution in [1.82, 2.24) is 4.98 Å². The van der Waals surface area contributed by atoms with Crippen LogP contribution in [0, 0.1) is 0 Å². The molecular formula is C13H12BrClN4O2. The highest BCUT2D eigenvalue weighted by Crippen LogP contribution is 2.28. The summed E-state index contributed by atoms with van der Waals surface area (Å²) in [4.78, 5) is 16.2. The molecule has 0 aliphatic carbocycles. The standard InChI is InChI=1S/C13H12BrClN4O2/c1-21-10-6-7(2-3-8(10)14)17-13(20)12-9(15)4-5-11(18-12)19-16/h2-6H,16H2,1H3,(H,17,20)(H,18,19). The first-order valence-corrected chi connectivity index (χ1v) is 7.00. The lowest BCUT2D eigenvalue weighted by molar-refractivity contribution is 0.102. The second-order valence-corrected chi connectivity index (χ2v) is 5.24. The van der Waals surface area contributed by atoms with Crippen LogP contribution in [-0.2, 0) is 0 Å². The van der Waals surface area contributed by atoms with E-state index in [0.29, 0.717) is 17.3 Å². The summed E-state index contributed by atoms with van der Waals surface area (Å²) in [6, 6.07) is 8.29. The molecule has 2 rings (SSSR count). The Labute approximate surface area is 134 Å². The van der Waals surface area contributed by atoms with Crippen molar-refractivity contribution < 1.29 is 9.53 Å². The molecule has 0 saturated carbocycles. The molecule has 0 spiro atoms. The number of hydrogen-bond acceptors (Lipinski definition) is 5. The summed E-state index contributed by atoms with van der Waals surface area (Å²) >= 11 is 9.31. The first-order chi connectivity index (χ1) is 10.0. The molecule has 1 aromatic heterocycles. The number of hydrazine groups is 1. The lowest BCUT2D eigenvalue weighted by atomic mass is 10.2. The van der Waals surface area contributed by atoms with Gasteiger partial charge in [-0.1, -0.05) is 11.6 Å². The van der Waals surface area contributed by atoms with Crippen molar-refractivity contribution in [1.29, 1.82) is 0 Å². The van der Waals surface area contributed by atoms with Crippen LogP contribution in [0.15, 0.2) is 34.8 Å². The maximum absolute atomic E-state index is 12.2. The summed E-state index contributed by atoms with van der Waals surface area (Å²) in [5, 5.41) is 2.93. The van der Waals surface area contributed by atoms with Gasteiger partial charge in [0.05, 0.1) is 16.6 Å². The van der Waals surface area contributed by atoms with Crippen LogP contribution in [0.25, 0.3) is 0 Å². The van der Waals surface area contributed by atoms with Crippen molar-refractivity contribution in [3.8, 4) is 5.75 Å². The summed E-state index contributed by atoms with van der Waals surface area (Å²) in [5.41, 5.74) is 3.00. The summed E-state index contributed by atoms with van der Waals surface area (Å²) in [6.45, 7) is 0. The number of aromatic nitrogens is 1. The third-order valence-corrected chi connectivity index (χ3v) is 3.58. The number of nitrogens with one attached hydrogen (secondary N) is 2. The molecule has 0 unspecified atom stereocenters. The number of hydrogen-bond donors (Lipinski definition) is 3. The van der Waals surface area contributed by atoms with E-state index in [1.807, 2.05) is 0 Å². The van der Waals surface area contributed by atoms with Crippen LogP contribution in [0.4, 0.5) is 11.5 Å². The molecule has 1 aromatic carbocycles. The Kier molecular flexibility index (Phi) is 5.00. The lowest BCUT2D eigenvalue weighted by Crippen LogP contribution is -2.16. The second kappa shape index (κ2) is 6.75. The van der Waals surface area contributed by atoms with Gasteiger partial charge in [0.15, 0.2) is 0 Å². The summed E-state index contributed by atoms with van der Waals surface area (Å²) < 4.78 is 5.95. The molecule has 110 valence electrons. The molecule has 0 fully saturated rings. The van der Waals surface area contributed by atoms with Crippen molar-refractivity contribution in [2.24, 2.45) is 5.84 Å². The number of methoxy groups -OCH3 is 1. The molecule has 4 N–H and O–H groups in total.